The third-order valence-electron chi connectivity index (χ3n) is 4.48. The van der Waals surface area contributed by atoms with E-state index in [1.807, 2.05) is 0 Å². The minimum Gasteiger partial charge on any atom is -0.368 e. The zero-order valence-corrected chi connectivity index (χ0v) is 10.1. The fourth-order valence-corrected chi connectivity index (χ4v) is 2.94. The number of nitrogens with zero attached hydrogens (tertiary/aromatic N) is 1. The molecule has 0 aliphatic heterocycles. The fraction of sp³-hybridized carbons (Fsp3) is 0.917. The van der Waals surface area contributed by atoms with Crippen LogP contribution in [0.2, 0.25) is 0 Å². The minimum atomic E-state index is -0.763. The van der Waals surface area contributed by atoms with E-state index in [1.54, 1.807) is 0 Å². The lowest BCUT2D eigenvalue weighted by Gasteiger charge is -2.45. The van der Waals surface area contributed by atoms with Crippen molar-refractivity contribution in [1.29, 1.82) is 0 Å². The molecule has 2 rings (SSSR count). The smallest absolute Gasteiger partial charge is 0.237 e. The van der Waals surface area contributed by atoms with Gasteiger partial charge in [-0.1, -0.05) is 6.42 Å². The van der Waals surface area contributed by atoms with Gasteiger partial charge in [-0.2, -0.15) is 0 Å². The Kier molecular flexibility index (Phi) is 3.22. The van der Waals surface area contributed by atoms with Gasteiger partial charge >= 0.3 is 0 Å². The van der Waals surface area contributed by atoms with Gasteiger partial charge in [-0.3, -0.25) is 4.79 Å². The largest absolute Gasteiger partial charge is 0.368 e. The van der Waals surface area contributed by atoms with E-state index in [0.717, 1.165) is 25.7 Å². The quantitative estimate of drug-likeness (QED) is 0.738. The van der Waals surface area contributed by atoms with Crippen molar-refractivity contribution in [1.82, 2.24) is 4.90 Å². The number of hydrogen-bond donors (Lipinski definition) is 2. The summed E-state index contributed by atoms with van der Waals surface area (Å²) in [5.74, 6) is -0.334. The summed E-state index contributed by atoms with van der Waals surface area (Å²) >= 11 is 0. The number of rotatable bonds is 3. The van der Waals surface area contributed by atoms with Gasteiger partial charge in [0.1, 0.15) is 0 Å². The van der Waals surface area contributed by atoms with Gasteiger partial charge in [0.25, 0.3) is 0 Å². The van der Waals surface area contributed by atoms with E-state index in [1.165, 1.54) is 19.3 Å². The van der Waals surface area contributed by atoms with Gasteiger partial charge in [0.15, 0.2) is 0 Å². The van der Waals surface area contributed by atoms with Crippen molar-refractivity contribution in [3.05, 3.63) is 0 Å². The number of primary amides is 1. The van der Waals surface area contributed by atoms with Crippen LogP contribution >= 0.6 is 0 Å². The van der Waals surface area contributed by atoms with Crippen molar-refractivity contribution in [2.45, 2.75) is 62.6 Å². The Morgan fingerprint density at radius 3 is 2.38 bits per heavy atom. The Labute approximate surface area is 97.3 Å². The normalized spacial score (nSPS) is 36.1. The van der Waals surface area contributed by atoms with E-state index < -0.39 is 5.54 Å². The lowest BCUT2D eigenvalue weighted by atomic mass is 9.77. The average molecular weight is 225 g/mol. The summed E-state index contributed by atoms with van der Waals surface area (Å²) in [7, 11) is 2.17. The maximum Gasteiger partial charge on any atom is 0.237 e. The third kappa shape index (κ3) is 2.09. The number of nitrogens with two attached hydrogens (primary N) is 2. The van der Waals surface area contributed by atoms with E-state index in [2.05, 4.69) is 11.9 Å². The Morgan fingerprint density at radius 2 is 1.88 bits per heavy atom. The van der Waals surface area contributed by atoms with E-state index in [9.17, 15) is 4.79 Å². The maximum absolute atomic E-state index is 11.4. The Balaban J connectivity index is 1.98. The summed E-state index contributed by atoms with van der Waals surface area (Å²) < 4.78 is 0. The summed E-state index contributed by atoms with van der Waals surface area (Å²) in [6.07, 6.45) is 7.57. The molecule has 2 unspecified atom stereocenters. The molecule has 4 nitrogen and oxygen atoms in total. The zero-order chi connectivity index (χ0) is 11.8. The Morgan fingerprint density at radius 1 is 1.25 bits per heavy atom. The van der Waals surface area contributed by atoms with Crippen molar-refractivity contribution in [2.24, 2.45) is 11.5 Å². The van der Waals surface area contributed by atoms with Gasteiger partial charge in [0, 0.05) is 12.1 Å². The van der Waals surface area contributed by atoms with Gasteiger partial charge in [0.05, 0.1) is 5.54 Å². The fourth-order valence-electron chi connectivity index (χ4n) is 2.94. The number of carbonyl (C=O) groups is 1. The van der Waals surface area contributed by atoms with Crippen LogP contribution in [-0.2, 0) is 4.79 Å². The first-order chi connectivity index (χ1) is 7.53. The summed E-state index contributed by atoms with van der Waals surface area (Å²) in [4.78, 5) is 13.8. The highest BCUT2D eigenvalue weighted by Crippen LogP contribution is 2.33. The van der Waals surface area contributed by atoms with Gasteiger partial charge < -0.3 is 16.4 Å². The minimum absolute atomic E-state index is 0.334. The predicted octanol–water partition coefficient (Wildman–Crippen LogP) is 0.596. The first kappa shape index (κ1) is 11.9. The van der Waals surface area contributed by atoms with Crippen LogP contribution in [-0.4, -0.2) is 35.5 Å². The second kappa shape index (κ2) is 4.34. The van der Waals surface area contributed by atoms with E-state index in [0.29, 0.717) is 12.1 Å². The molecule has 0 aromatic heterocycles. The van der Waals surface area contributed by atoms with E-state index in [-0.39, 0.29) is 5.91 Å². The average Bonchev–Trinajstić information content (AvgIpc) is 2.15. The molecular weight excluding hydrogens is 202 g/mol. The van der Waals surface area contributed by atoms with Crippen LogP contribution in [0.5, 0.6) is 0 Å². The molecule has 4 heteroatoms. The van der Waals surface area contributed by atoms with Crippen molar-refractivity contribution in [3.63, 3.8) is 0 Å². The van der Waals surface area contributed by atoms with Crippen LogP contribution in [0.25, 0.3) is 0 Å². The summed E-state index contributed by atoms with van der Waals surface area (Å²) in [6.45, 7) is 0. The molecule has 1 amide bonds. The molecule has 2 fully saturated rings. The van der Waals surface area contributed by atoms with Gasteiger partial charge in [-0.15, -0.1) is 0 Å². The monoisotopic (exact) mass is 225 g/mol. The molecule has 2 atom stereocenters. The maximum atomic E-state index is 11.4. The molecule has 0 heterocycles. The molecular formula is C12H23N3O. The highest BCUT2D eigenvalue weighted by molar-refractivity contribution is 5.84. The molecule has 0 spiro atoms. The zero-order valence-electron chi connectivity index (χ0n) is 10.1. The van der Waals surface area contributed by atoms with Crippen LogP contribution in [0.1, 0.15) is 44.9 Å². The van der Waals surface area contributed by atoms with Gasteiger partial charge in [-0.05, 0) is 45.6 Å². The second-order valence-corrected chi connectivity index (χ2v) is 5.52. The molecule has 0 aromatic carbocycles. The lowest BCUT2D eigenvalue weighted by molar-refractivity contribution is -0.125. The standard InChI is InChI=1S/C12H23N3O/c1-15(9-4-2-5-9)10-6-3-7-12(14,8-10)11(13)16/h9-10H,2-8,14H2,1H3,(H2,13,16). The molecule has 16 heavy (non-hydrogen) atoms. The molecule has 0 bridgehead atoms. The van der Waals surface area contributed by atoms with Crippen LogP contribution in [0.15, 0.2) is 0 Å². The molecule has 4 N–H and O–H groups in total. The predicted molar refractivity (Wildman–Crippen MR) is 63.8 cm³/mol. The highest BCUT2D eigenvalue weighted by atomic mass is 16.1. The molecule has 2 aliphatic carbocycles. The summed E-state index contributed by atoms with van der Waals surface area (Å²) in [5, 5.41) is 0. The molecule has 92 valence electrons. The first-order valence-electron chi connectivity index (χ1n) is 6.34. The van der Waals surface area contributed by atoms with Crippen LogP contribution in [0.4, 0.5) is 0 Å². The SMILES string of the molecule is CN(C1CCC1)C1CCCC(N)(C(N)=O)C1. The number of amides is 1. The van der Waals surface area contributed by atoms with E-state index in [4.69, 9.17) is 11.5 Å². The van der Waals surface area contributed by atoms with Gasteiger partial charge in [-0.25, -0.2) is 0 Å². The summed E-state index contributed by atoms with van der Waals surface area (Å²) in [6, 6.07) is 1.15. The van der Waals surface area contributed by atoms with Crippen molar-refractivity contribution in [3.8, 4) is 0 Å². The molecule has 0 radical (unpaired) electrons. The topological polar surface area (TPSA) is 72.3 Å². The first-order valence-corrected chi connectivity index (χ1v) is 6.34. The molecule has 0 aromatic rings. The third-order valence-corrected chi connectivity index (χ3v) is 4.48. The van der Waals surface area contributed by atoms with Gasteiger partial charge in [0.2, 0.25) is 5.91 Å². The van der Waals surface area contributed by atoms with Crippen LogP contribution in [0.3, 0.4) is 0 Å². The Bertz CT molecular complexity index is 277. The lowest BCUT2D eigenvalue weighted by Crippen LogP contribution is -2.59. The van der Waals surface area contributed by atoms with Crippen molar-refractivity contribution < 1.29 is 4.79 Å². The summed E-state index contributed by atoms with van der Waals surface area (Å²) in [5.41, 5.74) is 10.7. The molecule has 0 saturated heterocycles. The van der Waals surface area contributed by atoms with E-state index >= 15 is 0 Å². The van der Waals surface area contributed by atoms with Crippen LogP contribution < -0.4 is 11.5 Å². The highest BCUT2D eigenvalue weighted by Gasteiger charge is 2.40. The second-order valence-electron chi connectivity index (χ2n) is 5.52. The van der Waals surface area contributed by atoms with Crippen LogP contribution in [0, 0.1) is 0 Å². The van der Waals surface area contributed by atoms with Crippen molar-refractivity contribution in [2.75, 3.05) is 7.05 Å². The van der Waals surface area contributed by atoms with Crippen molar-refractivity contribution >= 4 is 5.91 Å². The number of carbonyl (C=O) groups excluding carboxylic acids is 1. The Hall–Kier alpha value is -0.610. The molecule has 2 saturated carbocycles. The molecule has 2 aliphatic rings. The number of hydrogen-bond acceptors (Lipinski definition) is 3.